The smallest absolute Gasteiger partial charge is 0.259 e. The molecule has 0 saturated heterocycles. The highest BCUT2D eigenvalue weighted by atomic mass is 16.7. The molecule has 1 aromatic carbocycles. The third-order valence-corrected chi connectivity index (χ3v) is 2.73. The average Bonchev–Trinajstić information content (AvgIpc) is 2.66. The van der Waals surface area contributed by atoms with Gasteiger partial charge < -0.3 is 14.8 Å². The Labute approximate surface area is 104 Å². The number of imide groups is 1. The SMILES string of the molecule is COC(CNc1ccc2c(c1)C(=O)NC2=O)OC. The lowest BCUT2D eigenvalue weighted by Gasteiger charge is -2.15. The molecule has 2 N–H and O–H groups in total. The summed E-state index contributed by atoms with van der Waals surface area (Å²) in [4.78, 5) is 22.8. The summed E-state index contributed by atoms with van der Waals surface area (Å²) in [6, 6.07) is 4.99. The number of fused-ring (bicyclic) bond motifs is 1. The summed E-state index contributed by atoms with van der Waals surface area (Å²) >= 11 is 0. The van der Waals surface area contributed by atoms with Crippen molar-refractivity contribution < 1.29 is 19.1 Å². The van der Waals surface area contributed by atoms with Gasteiger partial charge in [0.2, 0.25) is 0 Å². The van der Waals surface area contributed by atoms with Crippen LogP contribution in [0.4, 0.5) is 5.69 Å². The largest absolute Gasteiger partial charge is 0.380 e. The molecule has 0 fully saturated rings. The van der Waals surface area contributed by atoms with E-state index in [1.807, 2.05) is 0 Å². The first-order valence-electron chi connectivity index (χ1n) is 5.45. The number of ether oxygens (including phenoxy) is 2. The van der Waals surface area contributed by atoms with Crippen molar-refractivity contribution in [2.45, 2.75) is 6.29 Å². The van der Waals surface area contributed by atoms with Gasteiger partial charge in [-0.3, -0.25) is 14.9 Å². The molecule has 1 aliphatic heterocycles. The van der Waals surface area contributed by atoms with Gasteiger partial charge in [0.1, 0.15) is 0 Å². The number of hydrogen-bond donors (Lipinski definition) is 2. The van der Waals surface area contributed by atoms with Gasteiger partial charge in [-0.1, -0.05) is 0 Å². The normalized spacial score (nSPS) is 13.7. The molecule has 0 atom stereocenters. The Morgan fingerprint density at radius 2 is 1.83 bits per heavy atom. The van der Waals surface area contributed by atoms with E-state index in [-0.39, 0.29) is 18.1 Å². The minimum Gasteiger partial charge on any atom is -0.380 e. The minimum absolute atomic E-state index is 0.354. The quantitative estimate of drug-likeness (QED) is 0.591. The molecule has 0 saturated carbocycles. The van der Waals surface area contributed by atoms with E-state index in [4.69, 9.17) is 9.47 Å². The summed E-state index contributed by atoms with van der Waals surface area (Å²) in [5.74, 6) is -0.720. The van der Waals surface area contributed by atoms with Crippen LogP contribution in [-0.2, 0) is 9.47 Å². The van der Waals surface area contributed by atoms with Crippen LogP contribution in [0.3, 0.4) is 0 Å². The van der Waals surface area contributed by atoms with E-state index in [9.17, 15) is 9.59 Å². The molecule has 0 spiro atoms. The van der Waals surface area contributed by atoms with Gasteiger partial charge in [0, 0.05) is 19.9 Å². The molecule has 2 rings (SSSR count). The number of carbonyl (C=O) groups excluding carboxylic acids is 2. The van der Waals surface area contributed by atoms with E-state index in [0.29, 0.717) is 17.7 Å². The summed E-state index contributed by atoms with van der Waals surface area (Å²) in [6.07, 6.45) is -0.367. The molecule has 18 heavy (non-hydrogen) atoms. The van der Waals surface area contributed by atoms with Crippen LogP contribution in [0.2, 0.25) is 0 Å². The molecule has 0 aromatic heterocycles. The average molecular weight is 250 g/mol. The van der Waals surface area contributed by atoms with Crippen molar-refractivity contribution in [1.82, 2.24) is 5.32 Å². The zero-order valence-corrected chi connectivity index (χ0v) is 10.1. The Morgan fingerprint density at radius 3 is 2.50 bits per heavy atom. The van der Waals surface area contributed by atoms with Crippen molar-refractivity contribution >= 4 is 17.5 Å². The zero-order valence-electron chi connectivity index (χ0n) is 10.1. The lowest BCUT2D eigenvalue weighted by Crippen LogP contribution is -2.23. The molecular weight excluding hydrogens is 236 g/mol. The minimum atomic E-state index is -0.367. The standard InChI is InChI=1S/C12H14N2O4/c1-17-10(18-2)6-13-7-3-4-8-9(5-7)12(16)14-11(8)15/h3-5,10,13H,6H2,1-2H3,(H,14,15,16). The van der Waals surface area contributed by atoms with Gasteiger partial charge in [-0.05, 0) is 18.2 Å². The first-order valence-corrected chi connectivity index (χ1v) is 5.45. The van der Waals surface area contributed by atoms with Crippen LogP contribution in [0.5, 0.6) is 0 Å². The number of benzene rings is 1. The van der Waals surface area contributed by atoms with Gasteiger partial charge in [0.15, 0.2) is 6.29 Å². The van der Waals surface area contributed by atoms with Crippen LogP contribution >= 0.6 is 0 Å². The fourth-order valence-corrected chi connectivity index (χ4v) is 1.74. The van der Waals surface area contributed by atoms with Crippen LogP contribution in [-0.4, -0.2) is 38.9 Å². The Morgan fingerprint density at radius 1 is 1.17 bits per heavy atom. The first-order chi connectivity index (χ1) is 8.65. The number of anilines is 1. The molecule has 6 heteroatoms. The fourth-order valence-electron chi connectivity index (χ4n) is 1.74. The van der Waals surface area contributed by atoms with Crippen molar-refractivity contribution in [3.8, 4) is 0 Å². The molecule has 6 nitrogen and oxygen atoms in total. The highest BCUT2D eigenvalue weighted by Crippen LogP contribution is 2.20. The van der Waals surface area contributed by atoms with Crippen molar-refractivity contribution in [2.24, 2.45) is 0 Å². The Kier molecular flexibility index (Phi) is 3.59. The predicted octanol–water partition coefficient (Wildman–Crippen LogP) is 0.601. The second kappa shape index (κ2) is 5.16. The summed E-state index contributed by atoms with van der Waals surface area (Å²) in [5, 5.41) is 5.31. The van der Waals surface area contributed by atoms with Gasteiger partial charge in [0.25, 0.3) is 11.8 Å². The van der Waals surface area contributed by atoms with E-state index >= 15 is 0 Å². The summed E-state index contributed by atoms with van der Waals surface area (Å²) < 4.78 is 10.1. The number of methoxy groups -OCH3 is 2. The van der Waals surface area contributed by atoms with Crippen LogP contribution in [0, 0.1) is 0 Å². The maximum Gasteiger partial charge on any atom is 0.259 e. The Hall–Kier alpha value is -1.92. The van der Waals surface area contributed by atoms with Crippen molar-refractivity contribution in [2.75, 3.05) is 26.1 Å². The maximum absolute atomic E-state index is 11.5. The van der Waals surface area contributed by atoms with E-state index in [2.05, 4.69) is 10.6 Å². The van der Waals surface area contributed by atoms with E-state index in [1.54, 1.807) is 32.4 Å². The predicted molar refractivity (Wildman–Crippen MR) is 64.5 cm³/mol. The maximum atomic E-state index is 11.5. The monoisotopic (exact) mass is 250 g/mol. The van der Waals surface area contributed by atoms with Crippen molar-refractivity contribution in [3.05, 3.63) is 29.3 Å². The molecule has 1 aliphatic rings. The Bertz CT molecular complexity index is 483. The Balaban J connectivity index is 2.10. The molecular formula is C12H14N2O4. The highest BCUT2D eigenvalue weighted by Gasteiger charge is 2.26. The topological polar surface area (TPSA) is 76.7 Å². The lowest BCUT2D eigenvalue weighted by molar-refractivity contribution is -0.0914. The van der Waals surface area contributed by atoms with E-state index in [0.717, 1.165) is 5.69 Å². The van der Waals surface area contributed by atoms with Gasteiger partial charge in [-0.15, -0.1) is 0 Å². The number of amides is 2. The van der Waals surface area contributed by atoms with Gasteiger partial charge >= 0.3 is 0 Å². The zero-order chi connectivity index (χ0) is 13.1. The number of nitrogens with one attached hydrogen (secondary N) is 2. The van der Waals surface area contributed by atoms with Crippen LogP contribution < -0.4 is 10.6 Å². The van der Waals surface area contributed by atoms with Gasteiger partial charge in [-0.25, -0.2) is 0 Å². The summed E-state index contributed by atoms with van der Waals surface area (Å²) in [7, 11) is 3.09. The van der Waals surface area contributed by atoms with Crippen LogP contribution in [0.1, 0.15) is 20.7 Å². The van der Waals surface area contributed by atoms with Gasteiger partial charge in [0.05, 0.1) is 17.7 Å². The van der Waals surface area contributed by atoms with Crippen molar-refractivity contribution in [3.63, 3.8) is 0 Å². The van der Waals surface area contributed by atoms with Crippen LogP contribution in [0.15, 0.2) is 18.2 Å². The third-order valence-electron chi connectivity index (χ3n) is 2.73. The first kappa shape index (κ1) is 12.5. The number of hydrogen-bond acceptors (Lipinski definition) is 5. The molecule has 0 bridgehead atoms. The van der Waals surface area contributed by atoms with Crippen LogP contribution in [0.25, 0.3) is 0 Å². The second-order valence-electron chi connectivity index (χ2n) is 3.83. The molecule has 96 valence electrons. The fraction of sp³-hybridized carbons (Fsp3) is 0.333. The lowest BCUT2D eigenvalue weighted by atomic mass is 10.1. The summed E-state index contributed by atoms with van der Waals surface area (Å²) in [5.41, 5.74) is 1.52. The molecule has 0 radical (unpaired) electrons. The molecule has 2 amide bonds. The van der Waals surface area contributed by atoms with Gasteiger partial charge in [-0.2, -0.15) is 0 Å². The summed E-state index contributed by atoms with van der Waals surface area (Å²) in [6.45, 7) is 0.446. The highest BCUT2D eigenvalue weighted by molar-refractivity contribution is 6.21. The molecule has 0 unspecified atom stereocenters. The number of carbonyl (C=O) groups is 2. The van der Waals surface area contributed by atoms with Crippen molar-refractivity contribution in [1.29, 1.82) is 0 Å². The third kappa shape index (κ3) is 2.34. The second-order valence-corrected chi connectivity index (χ2v) is 3.83. The molecule has 1 aromatic rings. The number of rotatable bonds is 5. The van der Waals surface area contributed by atoms with E-state index in [1.165, 1.54) is 0 Å². The molecule has 0 aliphatic carbocycles. The van der Waals surface area contributed by atoms with E-state index < -0.39 is 0 Å². The molecule has 1 heterocycles.